The SMILES string of the molecule is C#CC(CCC)NC(=O)N[C@H](Cc1cnc[nH]1)C(=O)O. The zero-order chi connectivity index (χ0) is 15.0. The van der Waals surface area contributed by atoms with Crippen LogP contribution in [-0.2, 0) is 11.2 Å². The van der Waals surface area contributed by atoms with Crippen molar-refractivity contribution in [3.8, 4) is 12.3 Å². The molecule has 4 N–H and O–H groups in total. The second-order valence-corrected chi connectivity index (χ2v) is 4.30. The largest absolute Gasteiger partial charge is 0.480 e. The fourth-order valence-corrected chi connectivity index (χ4v) is 1.66. The Morgan fingerprint density at radius 2 is 2.30 bits per heavy atom. The number of aromatic amines is 1. The molecule has 1 heterocycles. The van der Waals surface area contributed by atoms with Crippen molar-refractivity contribution in [2.45, 2.75) is 38.3 Å². The molecule has 2 amide bonds. The average Bonchev–Trinajstić information content (AvgIpc) is 2.90. The van der Waals surface area contributed by atoms with Gasteiger partial charge in [0.25, 0.3) is 0 Å². The lowest BCUT2D eigenvalue weighted by Gasteiger charge is -2.17. The number of urea groups is 1. The molecule has 0 bridgehead atoms. The highest BCUT2D eigenvalue weighted by molar-refractivity contribution is 5.83. The Morgan fingerprint density at radius 1 is 1.55 bits per heavy atom. The van der Waals surface area contributed by atoms with Crippen molar-refractivity contribution in [3.05, 3.63) is 18.2 Å². The number of hydrogen-bond donors (Lipinski definition) is 4. The van der Waals surface area contributed by atoms with E-state index in [9.17, 15) is 9.59 Å². The summed E-state index contributed by atoms with van der Waals surface area (Å²) in [5.41, 5.74) is 0.625. The first-order chi connectivity index (χ1) is 9.56. The Labute approximate surface area is 117 Å². The van der Waals surface area contributed by atoms with Gasteiger partial charge in [-0.15, -0.1) is 6.42 Å². The molecule has 0 fully saturated rings. The highest BCUT2D eigenvalue weighted by atomic mass is 16.4. The number of terminal acetylenes is 1. The zero-order valence-electron chi connectivity index (χ0n) is 11.2. The Morgan fingerprint density at radius 3 is 2.80 bits per heavy atom. The molecule has 7 heteroatoms. The molecule has 0 aliphatic carbocycles. The van der Waals surface area contributed by atoms with Crippen LogP contribution in [0.3, 0.4) is 0 Å². The van der Waals surface area contributed by atoms with Gasteiger partial charge in [0, 0.05) is 18.3 Å². The summed E-state index contributed by atoms with van der Waals surface area (Å²) in [6.45, 7) is 1.95. The lowest BCUT2D eigenvalue weighted by molar-refractivity contribution is -0.139. The summed E-state index contributed by atoms with van der Waals surface area (Å²) in [5, 5.41) is 14.0. The molecule has 0 saturated carbocycles. The number of aliphatic carboxylic acids is 1. The van der Waals surface area contributed by atoms with Crippen LogP contribution >= 0.6 is 0 Å². The van der Waals surface area contributed by atoms with Crippen molar-refractivity contribution in [3.63, 3.8) is 0 Å². The maximum atomic E-state index is 11.7. The van der Waals surface area contributed by atoms with Crippen molar-refractivity contribution in [1.82, 2.24) is 20.6 Å². The van der Waals surface area contributed by atoms with Crippen LogP contribution in [0.25, 0.3) is 0 Å². The topological polar surface area (TPSA) is 107 Å². The Bertz CT molecular complexity index is 478. The molecule has 1 aromatic heterocycles. The van der Waals surface area contributed by atoms with E-state index in [1.54, 1.807) is 0 Å². The fourth-order valence-electron chi connectivity index (χ4n) is 1.66. The second-order valence-electron chi connectivity index (χ2n) is 4.30. The third-order valence-corrected chi connectivity index (χ3v) is 2.67. The molecule has 7 nitrogen and oxygen atoms in total. The molecule has 108 valence electrons. The van der Waals surface area contributed by atoms with Crippen LogP contribution in [0.5, 0.6) is 0 Å². The van der Waals surface area contributed by atoms with Gasteiger partial charge in [-0.3, -0.25) is 0 Å². The van der Waals surface area contributed by atoms with Gasteiger partial charge in [-0.2, -0.15) is 0 Å². The van der Waals surface area contributed by atoms with Gasteiger partial charge in [0.1, 0.15) is 6.04 Å². The summed E-state index contributed by atoms with van der Waals surface area (Å²) >= 11 is 0. The van der Waals surface area contributed by atoms with Crippen LogP contribution in [0.1, 0.15) is 25.5 Å². The average molecular weight is 278 g/mol. The summed E-state index contributed by atoms with van der Waals surface area (Å²) in [6, 6.07) is -2.04. The van der Waals surface area contributed by atoms with Crippen LogP contribution < -0.4 is 10.6 Å². The number of carboxylic acid groups (broad SMARTS) is 1. The van der Waals surface area contributed by atoms with Gasteiger partial charge in [-0.05, 0) is 6.42 Å². The van der Waals surface area contributed by atoms with E-state index in [-0.39, 0.29) is 6.42 Å². The van der Waals surface area contributed by atoms with E-state index in [2.05, 4.69) is 26.5 Å². The van der Waals surface area contributed by atoms with Gasteiger partial charge >= 0.3 is 12.0 Å². The maximum absolute atomic E-state index is 11.7. The summed E-state index contributed by atoms with van der Waals surface area (Å²) in [4.78, 5) is 29.4. The number of nitrogens with zero attached hydrogens (tertiary/aromatic N) is 1. The van der Waals surface area contributed by atoms with Crippen molar-refractivity contribution in [1.29, 1.82) is 0 Å². The van der Waals surface area contributed by atoms with Gasteiger partial charge in [0.2, 0.25) is 0 Å². The normalized spacial score (nSPS) is 13.0. The van der Waals surface area contributed by atoms with Crippen LogP contribution in [-0.4, -0.2) is 39.2 Å². The van der Waals surface area contributed by atoms with E-state index >= 15 is 0 Å². The first kappa shape index (κ1) is 15.6. The minimum Gasteiger partial charge on any atom is -0.480 e. The minimum atomic E-state index is -1.12. The highest BCUT2D eigenvalue weighted by Gasteiger charge is 2.21. The standard InChI is InChI=1S/C13H18N4O3/c1-3-5-9(4-2)16-13(20)17-11(12(18)19)6-10-7-14-8-15-10/h2,7-9,11H,3,5-6H2,1H3,(H,14,15)(H,18,19)(H2,16,17,20)/t9?,11-/m1/s1. The third-order valence-electron chi connectivity index (χ3n) is 2.67. The molecule has 0 radical (unpaired) electrons. The van der Waals surface area contributed by atoms with E-state index < -0.39 is 24.1 Å². The molecule has 0 aromatic carbocycles. The smallest absolute Gasteiger partial charge is 0.326 e. The molecule has 1 unspecified atom stereocenters. The van der Waals surface area contributed by atoms with E-state index in [1.165, 1.54) is 12.5 Å². The molecule has 1 aromatic rings. The summed E-state index contributed by atoms with van der Waals surface area (Å²) < 4.78 is 0. The Balaban J connectivity index is 2.55. The van der Waals surface area contributed by atoms with Crippen molar-refractivity contribution < 1.29 is 14.7 Å². The summed E-state index contributed by atoms with van der Waals surface area (Å²) in [6.07, 6.45) is 9.83. The van der Waals surface area contributed by atoms with E-state index in [4.69, 9.17) is 11.5 Å². The summed E-state index contributed by atoms with van der Waals surface area (Å²) in [5.74, 6) is 1.32. The van der Waals surface area contributed by atoms with Gasteiger partial charge in [-0.25, -0.2) is 14.6 Å². The van der Waals surface area contributed by atoms with Gasteiger partial charge in [-0.1, -0.05) is 19.3 Å². The molecule has 0 spiro atoms. The number of carboxylic acids is 1. The summed E-state index contributed by atoms with van der Waals surface area (Å²) in [7, 11) is 0. The van der Waals surface area contributed by atoms with Crippen molar-refractivity contribution >= 4 is 12.0 Å². The van der Waals surface area contributed by atoms with E-state index in [0.29, 0.717) is 12.1 Å². The predicted molar refractivity (Wildman–Crippen MR) is 72.9 cm³/mol. The van der Waals surface area contributed by atoms with Crippen LogP contribution in [0, 0.1) is 12.3 Å². The number of hydrogen-bond acceptors (Lipinski definition) is 3. The minimum absolute atomic E-state index is 0.122. The monoisotopic (exact) mass is 278 g/mol. The van der Waals surface area contributed by atoms with Gasteiger partial charge in [0.15, 0.2) is 0 Å². The fraction of sp³-hybridized carbons (Fsp3) is 0.462. The van der Waals surface area contributed by atoms with Crippen LogP contribution in [0.2, 0.25) is 0 Å². The number of imidazole rings is 1. The predicted octanol–water partition coefficient (Wildman–Crippen LogP) is 0.506. The molecular weight excluding hydrogens is 260 g/mol. The maximum Gasteiger partial charge on any atom is 0.326 e. The first-order valence-electron chi connectivity index (χ1n) is 6.30. The molecule has 1 rings (SSSR count). The van der Waals surface area contributed by atoms with Crippen LogP contribution in [0.4, 0.5) is 4.79 Å². The number of aromatic nitrogens is 2. The first-order valence-corrected chi connectivity index (χ1v) is 6.30. The number of carbonyl (C=O) groups is 2. The van der Waals surface area contributed by atoms with Gasteiger partial charge < -0.3 is 20.7 Å². The molecule has 0 aliphatic rings. The van der Waals surface area contributed by atoms with Crippen molar-refractivity contribution in [2.24, 2.45) is 0 Å². The molecular formula is C13H18N4O3. The molecule has 2 atom stereocenters. The second kappa shape index (κ2) is 7.84. The Kier molecular flexibility index (Phi) is 6.10. The quantitative estimate of drug-likeness (QED) is 0.545. The number of carbonyl (C=O) groups excluding carboxylic acids is 1. The van der Waals surface area contributed by atoms with Crippen LogP contribution in [0.15, 0.2) is 12.5 Å². The zero-order valence-corrected chi connectivity index (χ0v) is 11.2. The van der Waals surface area contributed by atoms with E-state index in [1.807, 2.05) is 6.92 Å². The highest BCUT2D eigenvalue weighted by Crippen LogP contribution is 2.00. The lowest BCUT2D eigenvalue weighted by Crippen LogP contribution is -2.49. The molecule has 20 heavy (non-hydrogen) atoms. The lowest BCUT2D eigenvalue weighted by atomic mass is 10.1. The van der Waals surface area contributed by atoms with E-state index in [0.717, 1.165) is 6.42 Å². The third kappa shape index (κ3) is 5.02. The number of rotatable bonds is 7. The van der Waals surface area contributed by atoms with Gasteiger partial charge in [0.05, 0.1) is 12.4 Å². The number of amides is 2. The van der Waals surface area contributed by atoms with Crippen molar-refractivity contribution in [2.75, 3.05) is 0 Å². The number of H-pyrrole nitrogens is 1. The Hall–Kier alpha value is -2.49. The molecule has 0 aliphatic heterocycles. The number of nitrogens with one attached hydrogen (secondary N) is 3. The molecule has 0 saturated heterocycles.